The SMILES string of the molecule is CCN(CC)c1nc(Cl)nc(Oc2cc(F)ccc2Br)n1. The Balaban J connectivity index is 2.34. The van der Waals surface area contributed by atoms with Gasteiger partial charge < -0.3 is 9.64 Å². The molecular weight excluding hydrogens is 363 g/mol. The van der Waals surface area contributed by atoms with E-state index >= 15 is 0 Å². The molecule has 1 aromatic heterocycles. The predicted molar refractivity (Wildman–Crippen MR) is 82.6 cm³/mol. The van der Waals surface area contributed by atoms with Gasteiger partial charge in [0, 0.05) is 19.2 Å². The summed E-state index contributed by atoms with van der Waals surface area (Å²) in [5.74, 6) is 0.266. The van der Waals surface area contributed by atoms with Gasteiger partial charge in [0.25, 0.3) is 0 Å². The normalized spacial score (nSPS) is 10.5. The Hall–Kier alpha value is -1.47. The van der Waals surface area contributed by atoms with Gasteiger partial charge in [-0.05, 0) is 53.5 Å². The smallest absolute Gasteiger partial charge is 0.328 e. The van der Waals surface area contributed by atoms with E-state index in [1.807, 2.05) is 18.7 Å². The lowest BCUT2D eigenvalue weighted by atomic mass is 10.3. The number of halogens is 3. The molecule has 8 heteroatoms. The lowest BCUT2D eigenvalue weighted by Crippen LogP contribution is -2.24. The van der Waals surface area contributed by atoms with Gasteiger partial charge in [-0.2, -0.15) is 15.0 Å². The summed E-state index contributed by atoms with van der Waals surface area (Å²) >= 11 is 9.17. The zero-order valence-corrected chi connectivity index (χ0v) is 13.8. The molecule has 2 aromatic rings. The minimum atomic E-state index is -0.419. The Bertz CT molecular complexity index is 640. The van der Waals surface area contributed by atoms with Crippen LogP contribution in [-0.4, -0.2) is 28.0 Å². The maximum atomic E-state index is 13.3. The first-order valence-electron chi connectivity index (χ1n) is 6.33. The van der Waals surface area contributed by atoms with Crippen LogP contribution in [0.3, 0.4) is 0 Å². The Morgan fingerprint density at radius 3 is 2.62 bits per heavy atom. The standard InChI is InChI=1S/C13H13BrClFN4O/c1-3-20(4-2)12-17-11(15)18-13(19-12)21-10-7-8(16)5-6-9(10)14/h5-7H,3-4H2,1-2H3. The second-order valence-corrected chi connectivity index (χ2v) is 5.23. The fourth-order valence-electron chi connectivity index (χ4n) is 1.67. The first-order valence-corrected chi connectivity index (χ1v) is 7.50. The molecule has 0 aliphatic carbocycles. The number of benzene rings is 1. The summed E-state index contributed by atoms with van der Waals surface area (Å²) in [6.45, 7) is 5.40. The van der Waals surface area contributed by atoms with Crippen LogP contribution >= 0.6 is 27.5 Å². The molecule has 21 heavy (non-hydrogen) atoms. The number of aromatic nitrogens is 3. The number of ether oxygens (including phenoxy) is 1. The second-order valence-electron chi connectivity index (χ2n) is 4.04. The van der Waals surface area contributed by atoms with Gasteiger partial charge >= 0.3 is 6.01 Å². The monoisotopic (exact) mass is 374 g/mol. The molecule has 0 saturated carbocycles. The van der Waals surface area contributed by atoms with Gasteiger partial charge in [-0.25, -0.2) is 4.39 Å². The van der Waals surface area contributed by atoms with Crippen molar-refractivity contribution < 1.29 is 9.13 Å². The summed E-state index contributed by atoms with van der Waals surface area (Å²) in [6.07, 6.45) is 0. The van der Waals surface area contributed by atoms with Crippen molar-refractivity contribution in [3.8, 4) is 11.8 Å². The van der Waals surface area contributed by atoms with Crippen molar-refractivity contribution in [2.24, 2.45) is 0 Å². The van der Waals surface area contributed by atoms with E-state index in [9.17, 15) is 4.39 Å². The van der Waals surface area contributed by atoms with Crippen LogP contribution in [0.2, 0.25) is 5.28 Å². The summed E-state index contributed by atoms with van der Waals surface area (Å²) < 4.78 is 19.3. The topological polar surface area (TPSA) is 51.1 Å². The molecule has 0 amide bonds. The molecule has 0 aliphatic rings. The van der Waals surface area contributed by atoms with E-state index in [2.05, 4.69) is 30.9 Å². The van der Waals surface area contributed by atoms with Gasteiger partial charge in [0.1, 0.15) is 11.6 Å². The third-order valence-electron chi connectivity index (χ3n) is 2.72. The van der Waals surface area contributed by atoms with Gasteiger partial charge in [0.15, 0.2) is 0 Å². The molecule has 0 spiro atoms. The summed E-state index contributed by atoms with van der Waals surface area (Å²) in [7, 11) is 0. The van der Waals surface area contributed by atoms with Crippen LogP contribution in [0.1, 0.15) is 13.8 Å². The Morgan fingerprint density at radius 2 is 1.95 bits per heavy atom. The van der Waals surface area contributed by atoms with Gasteiger partial charge in [0.2, 0.25) is 11.2 Å². The molecule has 5 nitrogen and oxygen atoms in total. The van der Waals surface area contributed by atoms with Crippen molar-refractivity contribution in [3.05, 3.63) is 33.8 Å². The average molecular weight is 376 g/mol. The highest BCUT2D eigenvalue weighted by atomic mass is 79.9. The van der Waals surface area contributed by atoms with Crippen LogP contribution in [0.5, 0.6) is 11.8 Å². The highest BCUT2D eigenvalue weighted by Gasteiger charge is 2.13. The molecule has 0 fully saturated rings. The quantitative estimate of drug-likeness (QED) is 0.788. The first-order chi connectivity index (χ1) is 10.0. The van der Waals surface area contributed by atoms with Crippen LogP contribution in [0.25, 0.3) is 0 Å². The maximum Gasteiger partial charge on any atom is 0.328 e. The second kappa shape index (κ2) is 7.00. The molecule has 2 rings (SSSR count). The zero-order valence-electron chi connectivity index (χ0n) is 11.5. The molecule has 112 valence electrons. The van der Waals surface area contributed by atoms with E-state index < -0.39 is 5.82 Å². The molecule has 0 atom stereocenters. The Labute approximate surface area is 135 Å². The van der Waals surface area contributed by atoms with Crippen LogP contribution in [0.4, 0.5) is 10.3 Å². The van der Waals surface area contributed by atoms with Crippen molar-refractivity contribution >= 4 is 33.5 Å². The lowest BCUT2D eigenvalue weighted by Gasteiger charge is -2.18. The molecular formula is C13H13BrClFN4O. The molecule has 1 aromatic carbocycles. The number of anilines is 1. The molecule has 0 N–H and O–H groups in total. The number of hydrogen-bond acceptors (Lipinski definition) is 5. The van der Waals surface area contributed by atoms with E-state index in [1.165, 1.54) is 12.1 Å². The summed E-state index contributed by atoms with van der Waals surface area (Å²) in [4.78, 5) is 14.1. The van der Waals surface area contributed by atoms with E-state index in [1.54, 1.807) is 6.07 Å². The Morgan fingerprint density at radius 1 is 1.24 bits per heavy atom. The summed E-state index contributed by atoms with van der Waals surface area (Å²) in [6, 6.07) is 4.11. The van der Waals surface area contributed by atoms with E-state index in [0.29, 0.717) is 10.4 Å². The zero-order chi connectivity index (χ0) is 15.4. The number of hydrogen-bond donors (Lipinski definition) is 0. The van der Waals surface area contributed by atoms with E-state index in [0.717, 1.165) is 13.1 Å². The minimum Gasteiger partial charge on any atom is -0.423 e. The molecule has 0 aliphatic heterocycles. The molecule has 0 unspecified atom stereocenters. The highest BCUT2D eigenvalue weighted by Crippen LogP contribution is 2.29. The number of rotatable bonds is 5. The van der Waals surface area contributed by atoms with Gasteiger partial charge in [-0.15, -0.1) is 0 Å². The highest BCUT2D eigenvalue weighted by molar-refractivity contribution is 9.10. The van der Waals surface area contributed by atoms with Gasteiger partial charge in [-0.1, -0.05) is 0 Å². The van der Waals surface area contributed by atoms with E-state index in [-0.39, 0.29) is 17.0 Å². The number of nitrogens with zero attached hydrogens (tertiary/aromatic N) is 4. The fourth-order valence-corrected chi connectivity index (χ4v) is 2.14. The largest absolute Gasteiger partial charge is 0.423 e. The molecule has 1 heterocycles. The van der Waals surface area contributed by atoms with Crippen molar-refractivity contribution in [1.82, 2.24) is 15.0 Å². The van der Waals surface area contributed by atoms with Crippen LogP contribution in [0.15, 0.2) is 22.7 Å². The van der Waals surface area contributed by atoms with Crippen LogP contribution in [-0.2, 0) is 0 Å². The average Bonchev–Trinajstić information content (AvgIpc) is 2.44. The van der Waals surface area contributed by atoms with Crippen molar-refractivity contribution in [3.63, 3.8) is 0 Å². The lowest BCUT2D eigenvalue weighted by molar-refractivity contribution is 0.432. The third-order valence-corrected chi connectivity index (χ3v) is 3.54. The van der Waals surface area contributed by atoms with Crippen molar-refractivity contribution in [1.29, 1.82) is 0 Å². The Kier molecular flexibility index (Phi) is 5.30. The van der Waals surface area contributed by atoms with Crippen LogP contribution < -0.4 is 9.64 Å². The molecule has 0 radical (unpaired) electrons. The molecule has 0 saturated heterocycles. The third kappa shape index (κ3) is 4.01. The first kappa shape index (κ1) is 15.9. The van der Waals surface area contributed by atoms with E-state index in [4.69, 9.17) is 16.3 Å². The fraction of sp³-hybridized carbons (Fsp3) is 0.308. The minimum absolute atomic E-state index is 0.0169. The van der Waals surface area contributed by atoms with Gasteiger partial charge in [-0.3, -0.25) is 0 Å². The maximum absolute atomic E-state index is 13.3. The predicted octanol–water partition coefficient (Wildman–Crippen LogP) is 4.07. The van der Waals surface area contributed by atoms with Crippen LogP contribution in [0, 0.1) is 5.82 Å². The van der Waals surface area contributed by atoms with Crippen molar-refractivity contribution in [2.45, 2.75) is 13.8 Å². The molecule has 0 bridgehead atoms. The summed E-state index contributed by atoms with van der Waals surface area (Å²) in [5.41, 5.74) is 0. The summed E-state index contributed by atoms with van der Waals surface area (Å²) in [5, 5.41) is 0.0226. The van der Waals surface area contributed by atoms with Crippen molar-refractivity contribution in [2.75, 3.05) is 18.0 Å². The van der Waals surface area contributed by atoms with Gasteiger partial charge in [0.05, 0.1) is 4.47 Å².